The molecule has 39 heavy (non-hydrogen) atoms. The number of esters is 1. The molecule has 226 valence electrons. The SMILES string of the molecule is CCC(C)(C)/C=C(\C)C(CC(=O)O)C(=O)O.CCC(C)(C)/C=C(\C)C(CC(=O)O)C(=O)OCC(C)(CO)CO. The van der Waals surface area contributed by atoms with E-state index in [1.807, 2.05) is 53.7 Å². The van der Waals surface area contributed by atoms with Crippen LogP contribution in [-0.2, 0) is 23.9 Å². The molecule has 0 aromatic carbocycles. The lowest BCUT2D eigenvalue weighted by atomic mass is 9.84. The largest absolute Gasteiger partial charge is 0.481 e. The number of hydrogen-bond acceptors (Lipinski definition) is 7. The van der Waals surface area contributed by atoms with Crippen LogP contribution < -0.4 is 0 Å². The van der Waals surface area contributed by atoms with Gasteiger partial charge in [-0.05, 0) is 37.5 Å². The van der Waals surface area contributed by atoms with E-state index in [-0.39, 0.29) is 43.5 Å². The number of carbonyl (C=O) groups is 4. The van der Waals surface area contributed by atoms with E-state index in [0.717, 1.165) is 12.8 Å². The van der Waals surface area contributed by atoms with Crippen LogP contribution in [0.25, 0.3) is 0 Å². The minimum Gasteiger partial charge on any atom is -0.481 e. The Kier molecular flexibility index (Phi) is 16.8. The zero-order valence-corrected chi connectivity index (χ0v) is 25.0. The second-order valence-corrected chi connectivity index (χ2v) is 11.8. The Hall–Kier alpha value is -2.72. The maximum Gasteiger partial charge on any atom is 0.313 e. The minimum atomic E-state index is -1.09. The molecule has 0 aliphatic carbocycles. The number of ether oxygens (including phenoxy) is 1. The third kappa shape index (κ3) is 16.1. The van der Waals surface area contributed by atoms with E-state index in [9.17, 15) is 29.4 Å². The molecule has 0 heterocycles. The third-order valence-corrected chi connectivity index (χ3v) is 6.83. The summed E-state index contributed by atoms with van der Waals surface area (Å²) in [5.41, 5.74) is 0.0759. The predicted octanol–water partition coefficient (Wildman–Crippen LogP) is 4.54. The quantitative estimate of drug-likeness (QED) is 0.133. The van der Waals surface area contributed by atoms with Crippen molar-refractivity contribution in [3.05, 3.63) is 23.3 Å². The smallest absolute Gasteiger partial charge is 0.313 e. The Morgan fingerprint density at radius 2 is 1.08 bits per heavy atom. The van der Waals surface area contributed by atoms with Gasteiger partial charge in [-0.2, -0.15) is 0 Å². The molecule has 0 saturated carbocycles. The number of carbonyl (C=O) groups excluding carboxylic acids is 1. The first-order valence-electron chi connectivity index (χ1n) is 13.1. The van der Waals surface area contributed by atoms with E-state index < -0.39 is 41.1 Å². The highest BCUT2D eigenvalue weighted by molar-refractivity contribution is 5.82. The molecule has 2 atom stereocenters. The molecule has 5 N–H and O–H groups in total. The molecular weight excluding hydrogens is 508 g/mol. The van der Waals surface area contributed by atoms with Gasteiger partial charge >= 0.3 is 23.9 Å². The highest BCUT2D eigenvalue weighted by Gasteiger charge is 2.30. The molecule has 0 aliphatic rings. The molecule has 2 unspecified atom stereocenters. The molecule has 0 fully saturated rings. The number of aliphatic carboxylic acids is 3. The van der Waals surface area contributed by atoms with Gasteiger partial charge in [0.1, 0.15) is 6.61 Å². The lowest BCUT2D eigenvalue weighted by Gasteiger charge is -2.26. The molecule has 0 bridgehead atoms. The topological polar surface area (TPSA) is 179 Å². The summed E-state index contributed by atoms with van der Waals surface area (Å²) >= 11 is 0. The van der Waals surface area contributed by atoms with Gasteiger partial charge in [0, 0.05) is 5.41 Å². The summed E-state index contributed by atoms with van der Waals surface area (Å²) in [5.74, 6) is -5.71. The van der Waals surface area contributed by atoms with Crippen molar-refractivity contribution < 1.29 is 49.4 Å². The Morgan fingerprint density at radius 3 is 1.38 bits per heavy atom. The van der Waals surface area contributed by atoms with Crippen LogP contribution in [0, 0.1) is 28.1 Å². The van der Waals surface area contributed by atoms with Crippen molar-refractivity contribution in [1.82, 2.24) is 0 Å². The van der Waals surface area contributed by atoms with E-state index in [1.54, 1.807) is 20.8 Å². The highest BCUT2D eigenvalue weighted by Crippen LogP contribution is 2.29. The molecule has 10 nitrogen and oxygen atoms in total. The first-order chi connectivity index (χ1) is 17.7. The molecule has 10 heteroatoms. The summed E-state index contributed by atoms with van der Waals surface area (Å²) in [6.07, 6.45) is 4.78. The second-order valence-electron chi connectivity index (χ2n) is 11.8. The lowest BCUT2D eigenvalue weighted by Crippen LogP contribution is -2.34. The van der Waals surface area contributed by atoms with Crippen LogP contribution in [0.2, 0.25) is 0 Å². The van der Waals surface area contributed by atoms with Gasteiger partial charge in [-0.3, -0.25) is 19.2 Å². The van der Waals surface area contributed by atoms with Crippen molar-refractivity contribution in [3.8, 4) is 0 Å². The van der Waals surface area contributed by atoms with E-state index in [0.29, 0.717) is 11.1 Å². The summed E-state index contributed by atoms with van der Waals surface area (Å²) < 4.78 is 5.16. The van der Waals surface area contributed by atoms with Gasteiger partial charge in [0.2, 0.25) is 0 Å². The molecule has 0 amide bonds. The van der Waals surface area contributed by atoms with Gasteiger partial charge in [-0.15, -0.1) is 0 Å². The first-order valence-corrected chi connectivity index (χ1v) is 13.1. The molecule has 0 rings (SSSR count). The van der Waals surface area contributed by atoms with E-state index in [4.69, 9.17) is 20.1 Å². The minimum absolute atomic E-state index is 0.101. The molecule has 0 saturated heterocycles. The van der Waals surface area contributed by atoms with Gasteiger partial charge in [-0.1, -0.05) is 71.8 Å². The first kappa shape index (κ1) is 38.4. The predicted molar refractivity (Wildman–Crippen MR) is 148 cm³/mol. The number of hydrogen-bond donors (Lipinski definition) is 5. The fourth-order valence-electron chi connectivity index (χ4n) is 3.35. The van der Waals surface area contributed by atoms with Crippen molar-refractivity contribution in [1.29, 1.82) is 0 Å². The summed E-state index contributed by atoms with van der Waals surface area (Å²) in [6.45, 7) is 16.2. The Bertz CT molecular complexity index is 878. The summed E-state index contributed by atoms with van der Waals surface area (Å²) in [6, 6.07) is 0. The van der Waals surface area contributed by atoms with Crippen LogP contribution in [0.4, 0.5) is 0 Å². The summed E-state index contributed by atoms with van der Waals surface area (Å²) in [5, 5.41) is 45.1. The van der Waals surface area contributed by atoms with Crippen LogP contribution in [-0.4, -0.2) is 69.2 Å². The number of carboxylic acid groups (broad SMARTS) is 3. The van der Waals surface area contributed by atoms with Crippen molar-refractivity contribution >= 4 is 23.9 Å². The van der Waals surface area contributed by atoms with Crippen molar-refractivity contribution in [2.24, 2.45) is 28.1 Å². The van der Waals surface area contributed by atoms with Crippen molar-refractivity contribution in [3.63, 3.8) is 0 Å². The summed E-state index contributed by atoms with van der Waals surface area (Å²) in [7, 11) is 0. The average molecular weight is 559 g/mol. The van der Waals surface area contributed by atoms with Gasteiger partial charge in [0.25, 0.3) is 0 Å². The molecular formula is C29H50O10. The number of rotatable bonds is 16. The van der Waals surface area contributed by atoms with E-state index in [2.05, 4.69) is 0 Å². The fraction of sp³-hybridized carbons (Fsp3) is 0.724. The van der Waals surface area contributed by atoms with Crippen LogP contribution in [0.15, 0.2) is 23.3 Å². The second kappa shape index (κ2) is 17.1. The maximum atomic E-state index is 12.3. The zero-order valence-electron chi connectivity index (χ0n) is 25.0. The summed E-state index contributed by atoms with van der Waals surface area (Å²) in [4.78, 5) is 44.8. The molecule has 0 aromatic rings. The van der Waals surface area contributed by atoms with Crippen molar-refractivity contribution in [2.75, 3.05) is 19.8 Å². The Morgan fingerprint density at radius 1 is 0.718 bits per heavy atom. The van der Waals surface area contributed by atoms with Crippen LogP contribution in [0.3, 0.4) is 0 Å². The van der Waals surface area contributed by atoms with E-state index >= 15 is 0 Å². The molecule has 0 aromatic heterocycles. The van der Waals surface area contributed by atoms with Crippen LogP contribution >= 0.6 is 0 Å². The monoisotopic (exact) mass is 558 g/mol. The Balaban J connectivity index is 0. The number of allylic oxidation sites excluding steroid dienone is 2. The highest BCUT2D eigenvalue weighted by atomic mass is 16.5. The average Bonchev–Trinajstić information content (AvgIpc) is 2.83. The number of carboxylic acids is 3. The standard InChI is InChI=1S/C17H30O6.C12H20O4/c1-6-16(3,4)8-12(2)13(7-14(20)21)15(22)23-11-17(5,9-18)10-19;1-5-12(3,4)7-8(2)9(11(15)16)6-10(13)14/h8,13,18-19H,6-7,9-11H2,1-5H3,(H,20,21);7,9H,5-6H2,1-4H3,(H,13,14)(H,15,16)/b12-8+;8-7+. The number of aliphatic hydroxyl groups excluding tert-OH is 2. The fourth-order valence-corrected chi connectivity index (χ4v) is 3.35. The normalized spacial score (nSPS) is 14.5. The maximum absolute atomic E-state index is 12.3. The van der Waals surface area contributed by atoms with Crippen LogP contribution in [0.5, 0.6) is 0 Å². The van der Waals surface area contributed by atoms with Gasteiger partial charge < -0.3 is 30.3 Å². The van der Waals surface area contributed by atoms with Gasteiger partial charge in [0.05, 0.1) is 37.9 Å². The van der Waals surface area contributed by atoms with E-state index in [1.165, 1.54) is 0 Å². The molecule has 0 spiro atoms. The molecule has 0 radical (unpaired) electrons. The number of aliphatic hydroxyl groups is 2. The Labute approximate surface area is 232 Å². The third-order valence-electron chi connectivity index (χ3n) is 6.83. The lowest BCUT2D eigenvalue weighted by molar-refractivity contribution is -0.155. The van der Waals surface area contributed by atoms with Gasteiger partial charge in [0.15, 0.2) is 0 Å². The van der Waals surface area contributed by atoms with Crippen LogP contribution in [0.1, 0.15) is 88.0 Å². The van der Waals surface area contributed by atoms with Crippen molar-refractivity contribution in [2.45, 2.75) is 88.0 Å². The van der Waals surface area contributed by atoms with Gasteiger partial charge in [-0.25, -0.2) is 0 Å². The molecule has 0 aliphatic heterocycles. The zero-order chi connectivity index (χ0) is 31.2.